The fraction of sp³-hybridized carbons (Fsp3) is 0.436. The van der Waals surface area contributed by atoms with Crippen molar-refractivity contribution in [2.75, 3.05) is 13.1 Å². The molecular weight excluding hydrogens is 644 g/mol. The summed E-state index contributed by atoms with van der Waals surface area (Å²) in [5.74, 6) is -0.298. The fourth-order valence-electron chi connectivity index (χ4n) is 6.75. The number of nitrogens with two attached hydrogens (primary N) is 1. The highest BCUT2D eigenvalue weighted by Gasteiger charge is 2.37. The maximum Gasteiger partial charge on any atom is 0.329 e. The van der Waals surface area contributed by atoms with Crippen LogP contribution in [0, 0.1) is 0 Å². The van der Waals surface area contributed by atoms with Crippen molar-refractivity contribution in [1.82, 2.24) is 35.5 Å². The van der Waals surface area contributed by atoms with Gasteiger partial charge >= 0.3 is 12.0 Å². The van der Waals surface area contributed by atoms with E-state index in [9.17, 15) is 14.4 Å². The Morgan fingerprint density at radius 1 is 0.961 bits per heavy atom. The minimum atomic E-state index is -1.09. The van der Waals surface area contributed by atoms with E-state index in [1.807, 2.05) is 41.4 Å². The predicted octanol–water partition coefficient (Wildman–Crippen LogP) is 5.66. The monoisotopic (exact) mass is 694 g/mol. The Kier molecular flexibility index (Phi) is 10.2. The van der Waals surface area contributed by atoms with Gasteiger partial charge < -0.3 is 41.0 Å². The van der Waals surface area contributed by atoms with E-state index in [0.717, 1.165) is 40.5 Å². The molecule has 0 saturated carbocycles. The lowest BCUT2D eigenvalue weighted by molar-refractivity contribution is -0.159. The molecule has 3 amide bonds. The van der Waals surface area contributed by atoms with Crippen LogP contribution in [0.5, 0.6) is 0 Å². The number of unbranched alkanes of at least 4 members (excludes halogenated alkanes) is 1. The van der Waals surface area contributed by atoms with Crippen LogP contribution in [0.25, 0.3) is 21.8 Å². The Bertz CT molecular complexity index is 2020. The van der Waals surface area contributed by atoms with Crippen LogP contribution in [0.2, 0.25) is 0 Å². The quantitative estimate of drug-likeness (QED) is 0.0726. The number of ether oxygens (including phenoxy) is 1. The van der Waals surface area contributed by atoms with Crippen LogP contribution in [0.1, 0.15) is 88.3 Å². The molecule has 0 saturated heterocycles. The van der Waals surface area contributed by atoms with Gasteiger partial charge in [-0.25, -0.2) is 14.6 Å². The molecule has 0 fully saturated rings. The van der Waals surface area contributed by atoms with Gasteiger partial charge in [0.2, 0.25) is 5.91 Å². The molecule has 1 aliphatic heterocycles. The average molecular weight is 695 g/mol. The van der Waals surface area contributed by atoms with Crippen molar-refractivity contribution in [2.45, 2.75) is 96.4 Å². The van der Waals surface area contributed by atoms with Crippen LogP contribution in [0.3, 0.4) is 0 Å². The van der Waals surface area contributed by atoms with Gasteiger partial charge in [0.1, 0.15) is 17.5 Å². The minimum Gasteiger partial charge on any atom is -0.458 e. The maximum atomic E-state index is 13.9. The third-order valence-corrected chi connectivity index (χ3v) is 9.68. The van der Waals surface area contributed by atoms with E-state index < -0.39 is 29.1 Å². The van der Waals surface area contributed by atoms with Gasteiger partial charge in [-0.3, -0.25) is 4.79 Å². The second-order valence-electron chi connectivity index (χ2n) is 15.0. The summed E-state index contributed by atoms with van der Waals surface area (Å²) in [4.78, 5) is 57.6. The van der Waals surface area contributed by atoms with Crippen molar-refractivity contribution in [3.05, 3.63) is 89.3 Å². The Labute approximate surface area is 298 Å². The number of imidazole rings is 1. The number of esters is 1. The van der Waals surface area contributed by atoms with E-state index in [0.29, 0.717) is 50.4 Å². The fourth-order valence-corrected chi connectivity index (χ4v) is 6.75. The summed E-state index contributed by atoms with van der Waals surface area (Å²) in [7, 11) is 0. The van der Waals surface area contributed by atoms with Gasteiger partial charge in [-0.1, -0.05) is 36.4 Å². The van der Waals surface area contributed by atoms with Gasteiger partial charge in [0.25, 0.3) is 0 Å². The van der Waals surface area contributed by atoms with E-state index >= 15 is 0 Å². The molecule has 6 rings (SSSR count). The highest BCUT2D eigenvalue weighted by molar-refractivity contribution is 5.91. The normalized spacial score (nSPS) is 14.7. The lowest BCUT2D eigenvalue weighted by Crippen LogP contribution is -2.50. The van der Waals surface area contributed by atoms with Crippen LogP contribution in [0.15, 0.2) is 60.9 Å². The molecule has 12 nitrogen and oxygen atoms in total. The van der Waals surface area contributed by atoms with Gasteiger partial charge in [-0.2, -0.15) is 0 Å². The first-order valence-electron chi connectivity index (χ1n) is 17.8. The topological polar surface area (TPSA) is 174 Å². The number of nitrogens with zero attached hydrogens (tertiary/aromatic N) is 2. The summed E-state index contributed by atoms with van der Waals surface area (Å²) < 4.78 is 5.63. The van der Waals surface area contributed by atoms with Gasteiger partial charge in [0.15, 0.2) is 0 Å². The zero-order chi connectivity index (χ0) is 36.3. The Morgan fingerprint density at radius 3 is 2.43 bits per heavy atom. The van der Waals surface area contributed by atoms with Gasteiger partial charge in [-0.15, -0.1) is 0 Å². The molecule has 2 atom stereocenters. The number of benzene rings is 2. The van der Waals surface area contributed by atoms with Crippen molar-refractivity contribution in [3.8, 4) is 0 Å². The molecule has 2 aromatic carbocycles. The van der Waals surface area contributed by atoms with E-state index in [4.69, 9.17) is 15.5 Å². The molecule has 3 aromatic heterocycles. The molecule has 0 unspecified atom stereocenters. The van der Waals surface area contributed by atoms with Crippen molar-refractivity contribution in [2.24, 2.45) is 5.73 Å². The molecule has 7 N–H and O–H groups in total. The number of amides is 3. The van der Waals surface area contributed by atoms with Crippen LogP contribution in [0.4, 0.5) is 4.79 Å². The van der Waals surface area contributed by atoms with Crippen molar-refractivity contribution in [1.29, 1.82) is 0 Å². The van der Waals surface area contributed by atoms with E-state index in [2.05, 4.69) is 43.8 Å². The summed E-state index contributed by atoms with van der Waals surface area (Å²) in [6.07, 6.45) is 6.63. The Balaban J connectivity index is 1.23. The predicted molar refractivity (Wildman–Crippen MR) is 198 cm³/mol. The molecule has 1 aliphatic rings. The first-order chi connectivity index (χ1) is 24.3. The largest absolute Gasteiger partial charge is 0.458 e. The molecule has 270 valence electrons. The van der Waals surface area contributed by atoms with Gasteiger partial charge in [-0.05, 0) is 90.1 Å². The van der Waals surface area contributed by atoms with Crippen molar-refractivity contribution in [3.63, 3.8) is 0 Å². The van der Waals surface area contributed by atoms with Crippen LogP contribution in [-0.4, -0.2) is 67.5 Å². The number of aromatic nitrogens is 4. The van der Waals surface area contributed by atoms with Gasteiger partial charge in [0, 0.05) is 58.6 Å². The van der Waals surface area contributed by atoms with Gasteiger partial charge in [0.05, 0.1) is 18.0 Å². The first-order valence-corrected chi connectivity index (χ1v) is 17.8. The van der Waals surface area contributed by atoms with E-state index in [1.165, 1.54) is 10.9 Å². The number of urea groups is 1. The summed E-state index contributed by atoms with van der Waals surface area (Å²) in [6, 6.07) is 14.7. The molecule has 0 radical (unpaired) electrons. The summed E-state index contributed by atoms with van der Waals surface area (Å²) in [6.45, 7) is 10.5. The van der Waals surface area contributed by atoms with Crippen LogP contribution < -0.4 is 16.4 Å². The molecule has 4 heterocycles. The molecular formula is C39H50N8O4. The molecule has 51 heavy (non-hydrogen) atoms. The number of fused-ring (bicyclic) bond motifs is 4. The van der Waals surface area contributed by atoms with E-state index in [1.54, 1.807) is 40.8 Å². The molecule has 0 spiro atoms. The molecule has 0 aliphatic carbocycles. The molecule has 0 bridgehead atoms. The second kappa shape index (κ2) is 14.6. The lowest BCUT2D eigenvalue weighted by Gasteiger charge is -2.29. The molecule has 5 aromatic rings. The zero-order valence-electron chi connectivity index (χ0n) is 30.2. The minimum absolute atomic E-state index is 0.197. The van der Waals surface area contributed by atoms with E-state index in [-0.39, 0.29) is 11.9 Å². The SMILES string of the molecule is CC(C)(C)OC(=O)[C@@H](CCCCN)NC(=O)C(C)(C)c1cnc([C@@H](Cc2c[nH]c3ccccc23)NC(=O)N2CCc3c([nH]c4ccccc34)C2)[nH]1. The number of para-hydroxylation sites is 2. The third kappa shape index (κ3) is 7.96. The second-order valence-corrected chi connectivity index (χ2v) is 15.0. The third-order valence-electron chi connectivity index (χ3n) is 9.68. The summed E-state index contributed by atoms with van der Waals surface area (Å²) in [5, 5.41) is 8.46. The highest BCUT2D eigenvalue weighted by Crippen LogP contribution is 2.30. The number of carbonyl (C=O) groups is 3. The standard InChI is InChI=1S/C39H50N8O4/c1-38(2,3)51-35(48)30(16-10-11-18-40)44-36(49)39(4,5)33-22-42-34(46-33)31(20-24-21-41-28-14-8-6-12-25(24)28)45-37(50)47-19-17-27-26-13-7-9-15-29(26)43-32(27)23-47/h6-9,12-15,21-22,30-31,41,43H,10-11,16-20,23,40H2,1-5H3,(H,42,46)(H,44,49)(H,45,50)/t30-,31-/m1/s1. The highest BCUT2D eigenvalue weighted by atomic mass is 16.6. The maximum absolute atomic E-state index is 13.9. The molecule has 12 heteroatoms. The average Bonchev–Trinajstić information content (AvgIpc) is 3.84. The Morgan fingerprint density at radius 2 is 1.69 bits per heavy atom. The number of aromatic amines is 3. The lowest BCUT2D eigenvalue weighted by atomic mass is 9.88. The Hall–Kier alpha value is -5.10. The number of nitrogens with one attached hydrogen (secondary N) is 5. The van der Waals surface area contributed by atoms with Crippen molar-refractivity contribution < 1.29 is 19.1 Å². The summed E-state index contributed by atoms with van der Waals surface area (Å²) >= 11 is 0. The van der Waals surface area contributed by atoms with Crippen molar-refractivity contribution >= 4 is 39.7 Å². The summed E-state index contributed by atoms with van der Waals surface area (Å²) in [5.41, 5.74) is 9.87. The number of H-pyrrole nitrogens is 3. The van der Waals surface area contributed by atoms with Crippen LogP contribution in [-0.2, 0) is 39.1 Å². The smallest absolute Gasteiger partial charge is 0.329 e. The number of hydrogen-bond donors (Lipinski definition) is 6. The number of carbonyl (C=O) groups excluding carboxylic acids is 3. The number of rotatable bonds is 12. The zero-order valence-corrected chi connectivity index (χ0v) is 30.2. The van der Waals surface area contributed by atoms with Crippen LogP contribution >= 0.6 is 0 Å². The number of hydrogen-bond acceptors (Lipinski definition) is 6. The first kappa shape index (κ1) is 35.7.